The topological polar surface area (TPSA) is 55.8 Å². The summed E-state index contributed by atoms with van der Waals surface area (Å²) in [4.78, 5) is 25.9. The van der Waals surface area contributed by atoms with Gasteiger partial charge in [-0.05, 0) is 24.6 Å². The van der Waals surface area contributed by atoms with Crippen molar-refractivity contribution in [2.24, 2.45) is 0 Å². The fraction of sp³-hybridized carbons (Fsp3) is 0.222. The number of methoxy groups -OCH3 is 1. The van der Waals surface area contributed by atoms with Crippen LogP contribution in [0.3, 0.4) is 0 Å². The summed E-state index contributed by atoms with van der Waals surface area (Å²) in [6.07, 6.45) is 0. The van der Waals surface area contributed by atoms with Gasteiger partial charge < -0.3 is 14.4 Å². The number of anilines is 1. The highest BCUT2D eigenvalue weighted by atomic mass is 16.5. The maximum Gasteiger partial charge on any atom is 0.340 e. The molecule has 0 spiro atoms. The Kier molecular flexibility index (Phi) is 4.02. The lowest BCUT2D eigenvalue weighted by molar-refractivity contribution is -0.121. The predicted molar refractivity (Wildman–Crippen MR) is 85.6 cm³/mol. The third-order valence-corrected chi connectivity index (χ3v) is 3.79. The molecule has 0 N–H and O–H groups in total. The first-order chi connectivity index (χ1) is 11.1. The van der Waals surface area contributed by atoms with Crippen LogP contribution in [-0.4, -0.2) is 25.6 Å². The molecule has 0 atom stereocenters. The molecule has 0 fully saturated rings. The van der Waals surface area contributed by atoms with Crippen molar-refractivity contribution in [3.05, 3.63) is 59.2 Å². The lowest BCUT2D eigenvalue weighted by Gasteiger charge is -2.30. The average molecular weight is 311 g/mol. The zero-order valence-corrected chi connectivity index (χ0v) is 13.0. The Morgan fingerprint density at radius 2 is 1.96 bits per heavy atom. The first-order valence-electron chi connectivity index (χ1n) is 7.30. The summed E-state index contributed by atoms with van der Waals surface area (Å²) in [5.41, 5.74) is 2.93. The van der Waals surface area contributed by atoms with E-state index in [0.717, 1.165) is 11.1 Å². The van der Waals surface area contributed by atoms with Crippen LogP contribution < -0.4 is 9.64 Å². The lowest BCUT2D eigenvalue weighted by atomic mass is 10.1. The molecule has 2 aromatic carbocycles. The fourth-order valence-electron chi connectivity index (χ4n) is 2.58. The second-order valence-corrected chi connectivity index (χ2v) is 5.40. The van der Waals surface area contributed by atoms with Crippen LogP contribution in [0.25, 0.3) is 0 Å². The van der Waals surface area contributed by atoms with E-state index in [2.05, 4.69) is 0 Å². The summed E-state index contributed by atoms with van der Waals surface area (Å²) in [6.45, 7) is 2.35. The van der Waals surface area contributed by atoms with Crippen molar-refractivity contribution in [3.8, 4) is 5.75 Å². The minimum Gasteiger partial charge on any atom is -0.482 e. The number of carbonyl (C=O) groups excluding carboxylic acids is 2. The van der Waals surface area contributed by atoms with Crippen LogP contribution >= 0.6 is 0 Å². The van der Waals surface area contributed by atoms with Crippen molar-refractivity contribution in [2.75, 3.05) is 18.6 Å². The number of fused-ring (bicyclic) bond motifs is 1. The van der Waals surface area contributed by atoms with Gasteiger partial charge in [0, 0.05) is 0 Å². The van der Waals surface area contributed by atoms with Crippen LogP contribution in [0.1, 0.15) is 21.5 Å². The fourth-order valence-corrected chi connectivity index (χ4v) is 2.58. The molecule has 0 saturated heterocycles. The van der Waals surface area contributed by atoms with Gasteiger partial charge in [0.2, 0.25) is 0 Å². The van der Waals surface area contributed by atoms with E-state index < -0.39 is 5.97 Å². The van der Waals surface area contributed by atoms with E-state index in [1.807, 2.05) is 31.2 Å². The number of hydrogen-bond acceptors (Lipinski definition) is 4. The Hall–Kier alpha value is -2.82. The summed E-state index contributed by atoms with van der Waals surface area (Å²) < 4.78 is 10.3. The average Bonchev–Trinajstić information content (AvgIpc) is 2.58. The second-order valence-electron chi connectivity index (χ2n) is 5.40. The third kappa shape index (κ3) is 2.90. The molecule has 0 unspecified atom stereocenters. The van der Waals surface area contributed by atoms with Crippen LogP contribution in [0.5, 0.6) is 5.75 Å². The number of hydrogen-bond donors (Lipinski definition) is 0. The van der Waals surface area contributed by atoms with Gasteiger partial charge >= 0.3 is 5.97 Å². The number of ether oxygens (including phenoxy) is 2. The van der Waals surface area contributed by atoms with Crippen LogP contribution in [0.15, 0.2) is 42.5 Å². The van der Waals surface area contributed by atoms with E-state index in [4.69, 9.17) is 9.47 Å². The number of aryl methyl sites for hydroxylation is 1. The molecule has 1 aliphatic rings. The standard InChI is InChI=1S/C18H17NO4/c1-12-6-8-13(9-7-12)10-19-16(20)11-23-15-5-3-4-14(17(15)19)18(21)22-2/h3-9H,10-11H2,1-2H3. The van der Waals surface area contributed by atoms with Crippen molar-refractivity contribution in [1.29, 1.82) is 0 Å². The molecule has 0 aromatic heterocycles. The van der Waals surface area contributed by atoms with E-state index in [1.54, 1.807) is 23.1 Å². The SMILES string of the molecule is COC(=O)c1cccc2c1N(Cc1ccc(C)cc1)C(=O)CO2. The molecule has 5 heteroatoms. The minimum absolute atomic E-state index is 0.0382. The smallest absolute Gasteiger partial charge is 0.340 e. The summed E-state index contributed by atoms with van der Waals surface area (Å²) in [5.74, 6) is -0.164. The van der Waals surface area contributed by atoms with Gasteiger partial charge in [0.25, 0.3) is 5.91 Å². The van der Waals surface area contributed by atoms with Gasteiger partial charge in [-0.25, -0.2) is 4.79 Å². The van der Waals surface area contributed by atoms with Crippen molar-refractivity contribution in [1.82, 2.24) is 0 Å². The third-order valence-electron chi connectivity index (χ3n) is 3.79. The van der Waals surface area contributed by atoms with Gasteiger partial charge in [-0.2, -0.15) is 0 Å². The lowest BCUT2D eigenvalue weighted by Crippen LogP contribution is -2.39. The highest BCUT2D eigenvalue weighted by Crippen LogP contribution is 2.36. The zero-order chi connectivity index (χ0) is 16.4. The molecule has 0 bridgehead atoms. The van der Waals surface area contributed by atoms with Crippen molar-refractivity contribution in [2.45, 2.75) is 13.5 Å². The van der Waals surface area contributed by atoms with Crippen molar-refractivity contribution < 1.29 is 19.1 Å². The number of nitrogens with zero attached hydrogens (tertiary/aromatic N) is 1. The van der Waals surface area contributed by atoms with Gasteiger partial charge in [-0.3, -0.25) is 4.79 Å². The van der Waals surface area contributed by atoms with E-state index >= 15 is 0 Å². The largest absolute Gasteiger partial charge is 0.482 e. The molecule has 0 aliphatic carbocycles. The molecule has 118 valence electrons. The number of carbonyl (C=O) groups is 2. The number of amides is 1. The van der Waals surface area contributed by atoms with E-state index in [9.17, 15) is 9.59 Å². The van der Waals surface area contributed by atoms with Crippen LogP contribution in [0.2, 0.25) is 0 Å². The Morgan fingerprint density at radius 3 is 2.65 bits per heavy atom. The normalized spacial score (nSPS) is 13.3. The number of esters is 1. The molecule has 23 heavy (non-hydrogen) atoms. The molecule has 1 heterocycles. The summed E-state index contributed by atoms with van der Waals surface area (Å²) in [7, 11) is 1.32. The van der Waals surface area contributed by atoms with Gasteiger partial charge in [0.15, 0.2) is 6.61 Å². The maximum absolute atomic E-state index is 12.3. The number of benzene rings is 2. The highest BCUT2D eigenvalue weighted by Gasteiger charge is 2.30. The zero-order valence-electron chi connectivity index (χ0n) is 13.0. The molecule has 0 saturated carbocycles. The van der Waals surface area contributed by atoms with Gasteiger partial charge in [-0.1, -0.05) is 35.9 Å². The van der Waals surface area contributed by atoms with Crippen LogP contribution in [0, 0.1) is 6.92 Å². The van der Waals surface area contributed by atoms with Crippen LogP contribution in [0.4, 0.5) is 5.69 Å². The van der Waals surface area contributed by atoms with Gasteiger partial charge in [0.1, 0.15) is 11.4 Å². The Balaban J connectivity index is 2.03. The van der Waals surface area contributed by atoms with Gasteiger partial charge in [-0.15, -0.1) is 0 Å². The number of rotatable bonds is 3. The summed E-state index contributed by atoms with van der Waals surface area (Å²) in [5, 5.41) is 0. The maximum atomic E-state index is 12.3. The first-order valence-corrected chi connectivity index (χ1v) is 7.30. The second kappa shape index (κ2) is 6.12. The van der Waals surface area contributed by atoms with Crippen molar-refractivity contribution in [3.63, 3.8) is 0 Å². The molecule has 3 rings (SSSR count). The number of para-hydroxylation sites is 1. The molecule has 1 aliphatic heterocycles. The Bertz CT molecular complexity index is 752. The van der Waals surface area contributed by atoms with E-state index in [0.29, 0.717) is 23.5 Å². The molecule has 1 amide bonds. The molecule has 0 radical (unpaired) electrons. The van der Waals surface area contributed by atoms with E-state index in [-0.39, 0.29) is 12.5 Å². The molecule has 5 nitrogen and oxygen atoms in total. The Labute approximate surface area is 134 Å². The minimum atomic E-state index is -0.492. The summed E-state index contributed by atoms with van der Waals surface area (Å²) in [6, 6.07) is 13.0. The molecule has 2 aromatic rings. The monoisotopic (exact) mass is 311 g/mol. The summed E-state index contributed by atoms with van der Waals surface area (Å²) >= 11 is 0. The highest BCUT2D eigenvalue weighted by molar-refractivity contribution is 6.06. The Morgan fingerprint density at radius 1 is 1.22 bits per heavy atom. The predicted octanol–water partition coefficient (Wildman–Crippen LogP) is 2.71. The quantitative estimate of drug-likeness (QED) is 0.818. The van der Waals surface area contributed by atoms with E-state index in [1.165, 1.54) is 7.11 Å². The molecular weight excluding hydrogens is 294 g/mol. The van der Waals surface area contributed by atoms with Crippen molar-refractivity contribution >= 4 is 17.6 Å². The molecular formula is C18H17NO4. The first kappa shape index (κ1) is 15.1. The van der Waals surface area contributed by atoms with Crippen LogP contribution in [-0.2, 0) is 16.1 Å². The van der Waals surface area contributed by atoms with Gasteiger partial charge in [0.05, 0.1) is 19.2 Å².